The van der Waals surface area contributed by atoms with E-state index in [1.165, 1.54) is 6.42 Å². The number of nitrogens with zero attached hydrogens (tertiary/aromatic N) is 1. The van der Waals surface area contributed by atoms with E-state index in [4.69, 9.17) is 15.2 Å². The van der Waals surface area contributed by atoms with Gasteiger partial charge in [-0.15, -0.1) is 0 Å². The van der Waals surface area contributed by atoms with Crippen molar-refractivity contribution >= 4 is 5.82 Å². The molecule has 5 heteroatoms. The van der Waals surface area contributed by atoms with Crippen molar-refractivity contribution in [3.05, 3.63) is 18.2 Å². The lowest BCUT2D eigenvalue weighted by atomic mass is 9.68. The molecule has 2 fully saturated rings. The summed E-state index contributed by atoms with van der Waals surface area (Å²) in [6.07, 6.45) is 2.54. The fraction of sp³-hybridized carbons (Fsp3) is 0.643. The number of pyridine rings is 1. The molecule has 1 aliphatic heterocycles. The van der Waals surface area contributed by atoms with E-state index in [1.54, 1.807) is 0 Å². The van der Waals surface area contributed by atoms with Crippen molar-refractivity contribution < 1.29 is 9.47 Å². The number of nitrogens with two attached hydrogens (primary N) is 1. The van der Waals surface area contributed by atoms with Gasteiger partial charge in [-0.1, -0.05) is 6.07 Å². The zero-order chi connectivity index (χ0) is 13.2. The minimum Gasteiger partial charge on any atom is -0.478 e. The molecular weight excluding hydrogens is 242 g/mol. The van der Waals surface area contributed by atoms with Gasteiger partial charge in [-0.2, -0.15) is 4.98 Å². The molecule has 104 valence electrons. The van der Waals surface area contributed by atoms with Crippen molar-refractivity contribution in [3.8, 4) is 5.88 Å². The van der Waals surface area contributed by atoms with Gasteiger partial charge in [0.25, 0.3) is 0 Å². The van der Waals surface area contributed by atoms with Crippen molar-refractivity contribution in [1.29, 1.82) is 0 Å². The molecule has 1 aromatic rings. The van der Waals surface area contributed by atoms with E-state index < -0.39 is 0 Å². The van der Waals surface area contributed by atoms with Crippen LogP contribution < -0.4 is 15.8 Å². The van der Waals surface area contributed by atoms with Gasteiger partial charge in [0.05, 0.1) is 18.8 Å². The predicted octanol–water partition coefficient (Wildman–Crippen LogP) is 1.40. The van der Waals surface area contributed by atoms with Gasteiger partial charge in [0.1, 0.15) is 5.82 Å². The summed E-state index contributed by atoms with van der Waals surface area (Å²) in [5.41, 5.74) is 6.22. The topological polar surface area (TPSA) is 69.4 Å². The van der Waals surface area contributed by atoms with Crippen molar-refractivity contribution in [2.75, 3.05) is 18.5 Å². The Bertz CT molecular complexity index is 440. The van der Waals surface area contributed by atoms with E-state index in [-0.39, 0.29) is 18.2 Å². The monoisotopic (exact) mass is 263 g/mol. The van der Waals surface area contributed by atoms with Crippen LogP contribution in [0.15, 0.2) is 18.2 Å². The Balaban J connectivity index is 1.66. The van der Waals surface area contributed by atoms with Crippen LogP contribution in [-0.4, -0.2) is 36.4 Å². The SMILES string of the molecule is CCOc1cccc(NC2C(N)C3CCCOC32)n1. The Morgan fingerprint density at radius 2 is 2.42 bits per heavy atom. The van der Waals surface area contributed by atoms with Gasteiger partial charge < -0.3 is 20.5 Å². The minimum atomic E-state index is 0.155. The van der Waals surface area contributed by atoms with Gasteiger partial charge in [0.2, 0.25) is 5.88 Å². The average Bonchev–Trinajstić information content (AvgIpc) is 2.45. The third kappa shape index (κ3) is 2.40. The number of hydrogen-bond acceptors (Lipinski definition) is 5. The maximum Gasteiger partial charge on any atom is 0.215 e. The van der Waals surface area contributed by atoms with Crippen molar-refractivity contribution in [1.82, 2.24) is 4.98 Å². The van der Waals surface area contributed by atoms with Crippen LogP contribution in [0.1, 0.15) is 19.8 Å². The molecule has 2 aliphatic rings. The van der Waals surface area contributed by atoms with Crippen LogP contribution in [0.4, 0.5) is 5.82 Å². The van der Waals surface area contributed by atoms with Crippen LogP contribution in [0.5, 0.6) is 5.88 Å². The van der Waals surface area contributed by atoms with E-state index in [0.29, 0.717) is 18.4 Å². The summed E-state index contributed by atoms with van der Waals surface area (Å²) in [5, 5.41) is 3.39. The van der Waals surface area contributed by atoms with Gasteiger partial charge in [-0.3, -0.25) is 0 Å². The lowest BCUT2D eigenvalue weighted by Gasteiger charge is -2.52. The molecule has 0 radical (unpaired) electrons. The van der Waals surface area contributed by atoms with Crippen LogP contribution >= 0.6 is 0 Å². The zero-order valence-electron chi connectivity index (χ0n) is 11.2. The summed E-state index contributed by atoms with van der Waals surface area (Å²) in [6.45, 7) is 3.41. The van der Waals surface area contributed by atoms with E-state index in [2.05, 4.69) is 10.3 Å². The Labute approximate surface area is 113 Å². The molecule has 2 heterocycles. The molecule has 1 saturated carbocycles. The first-order valence-electron chi connectivity index (χ1n) is 7.03. The summed E-state index contributed by atoms with van der Waals surface area (Å²) < 4.78 is 11.2. The first-order chi connectivity index (χ1) is 9.29. The molecule has 3 rings (SSSR count). The second-order valence-corrected chi connectivity index (χ2v) is 5.18. The second-order valence-electron chi connectivity index (χ2n) is 5.18. The molecule has 3 N–H and O–H groups in total. The van der Waals surface area contributed by atoms with E-state index in [9.17, 15) is 0 Å². The van der Waals surface area contributed by atoms with Gasteiger partial charge >= 0.3 is 0 Å². The molecule has 5 nitrogen and oxygen atoms in total. The smallest absolute Gasteiger partial charge is 0.215 e. The first-order valence-corrected chi connectivity index (χ1v) is 7.03. The maximum atomic E-state index is 6.22. The van der Waals surface area contributed by atoms with Crippen LogP contribution in [0, 0.1) is 5.92 Å². The molecule has 0 amide bonds. The average molecular weight is 263 g/mol. The zero-order valence-corrected chi connectivity index (χ0v) is 11.2. The Hall–Kier alpha value is -1.33. The molecule has 4 atom stereocenters. The highest BCUT2D eigenvalue weighted by molar-refractivity contribution is 5.40. The maximum absolute atomic E-state index is 6.22. The number of nitrogens with one attached hydrogen (secondary N) is 1. The quantitative estimate of drug-likeness (QED) is 0.859. The summed E-state index contributed by atoms with van der Waals surface area (Å²) in [7, 11) is 0. The third-order valence-corrected chi connectivity index (χ3v) is 4.01. The number of hydrogen-bond donors (Lipinski definition) is 2. The number of ether oxygens (including phenoxy) is 2. The van der Waals surface area contributed by atoms with Gasteiger partial charge in [0, 0.05) is 24.6 Å². The van der Waals surface area contributed by atoms with Gasteiger partial charge in [-0.25, -0.2) is 0 Å². The summed E-state index contributed by atoms with van der Waals surface area (Å²) >= 11 is 0. The van der Waals surface area contributed by atoms with E-state index >= 15 is 0 Å². The first kappa shape index (κ1) is 12.7. The number of aromatic nitrogens is 1. The molecule has 0 aromatic carbocycles. The largest absolute Gasteiger partial charge is 0.478 e. The fourth-order valence-electron chi connectivity index (χ4n) is 3.02. The number of rotatable bonds is 4. The highest BCUT2D eigenvalue weighted by Gasteiger charge is 2.50. The predicted molar refractivity (Wildman–Crippen MR) is 73.3 cm³/mol. The van der Waals surface area contributed by atoms with Crippen LogP contribution in [0.25, 0.3) is 0 Å². The summed E-state index contributed by atoms with van der Waals surface area (Å²) in [6, 6.07) is 6.04. The normalized spacial score (nSPS) is 33.2. The molecule has 1 aliphatic carbocycles. The summed E-state index contributed by atoms with van der Waals surface area (Å²) in [5.74, 6) is 1.95. The second kappa shape index (κ2) is 5.35. The molecule has 19 heavy (non-hydrogen) atoms. The molecule has 1 aromatic heterocycles. The van der Waals surface area contributed by atoms with E-state index in [1.807, 2.05) is 25.1 Å². The summed E-state index contributed by atoms with van der Waals surface area (Å²) in [4.78, 5) is 4.41. The fourth-order valence-corrected chi connectivity index (χ4v) is 3.02. The molecule has 4 unspecified atom stereocenters. The standard InChI is InChI=1S/C14H21N3O2/c1-2-18-11-7-3-6-10(16-11)17-13-12(15)9-5-4-8-19-14(9)13/h3,6-7,9,12-14H,2,4-5,8,15H2,1H3,(H,16,17). The highest BCUT2D eigenvalue weighted by Crippen LogP contribution is 2.38. The minimum absolute atomic E-state index is 0.155. The van der Waals surface area contributed by atoms with E-state index in [0.717, 1.165) is 18.8 Å². The highest BCUT2D eigenvalue weighted by atomic mass is 16.5. The lowest BCUT2D eigenvalue weighted by molar-refractivity contribution is -0.104. The van der Waals surface area contributed by atoms with Crippen LogP contribution in [0.2, 0.25) is 0 Å². The Kier molecular flexibility index (Phi) is 3.57. The van der Waals surface area contributed by atoms with Gasteiger partial charge in [-0.05, 0) is 25.8 Å². The number of anilines is 1. The van der Waals surface area contributed by atoms with Crippen molar-refractivity contribution in [3.63, 3.8) is 0 Å². The van der Waals surface area contributed by atoms with Crippen LogP contribution in [-0.2, 0) is 4.74 Å². The molecule has 0 spiro atoms. The molecular formula is C14H21N3O2. The van der Waals surface area contributed by atoms with Crippen LogP contribution in [0.3, 0.4) is 0 Å². The Morgan fingerprint density at radius 1 is 1.53 bits per heavy atom. The molecule has 0 bridgehead atoms. The van der Waals surface area contributed by atoms with Crippen molar-refractivity contribution in [2.24, 2.45) is 11.7 Å². The number of fused-ring (bicyclic) bond motifs is 1. The van der Waals surface area contributed by atoms with Crippen molar-refractivity contribution in [2.45, 2.75) is 38.0 Å². The lowest BCUT2D eigenvalue weighted by Crippen LogP contribution is -2.69. The molecule has 1 saturated heterocycles. The third-order valence-electron chi connectivity index (χ3n) is 4.01. The van der Waals surface area contributed by atoms with Gasteiger partial charge in [0.15, 0.2) is 0 Å². The Morgan fingerprint density at radius 3 is 3.26 bits per heavy atom.